The van der Waals surface area contributed by atoms with Crippen LogP contribution in [0.4, 0.5) is 17.6 Å². The summed E-state index contributed by atoms with van der Waals surface area (Å²) in [5.74, 6) is -1.78. The van der Waals surface area contributed by atoms with Crippen LogP contribution in [-0.2, 0) is 6.42 Å². The second-order valence-corrected chi connectivity index (χ2v) is 3.76. The van der Waals surface area contributed by atoms with Gasteiger partial charge < -0.3 is 9.63 Å². The fourth-order valence-electron chi connectivity index (χ4n) is 1.44. The Morgan fingerprint density at radius 1 is 1.26 bits per heavy atom. The highest BCUT2D eigenvalue weighted by Gasteiger charge is 2.28. The van der Waals surface area contributed by atoms with E-state index in [1.165, 1.54) is 12.1 Å². The van der Waals surface area contributed by atoms with E-state index in [0.717, 1.165) is 6.07 Å². The first kappa shape index (κ1) is 13.3. The summed E-state index contributed by atoms with van der Waals surface area (Å²) in [7, 11) is 0. The Hall–Kier alpha value is -2.12. The highest BCUT2D eigenvalue weighted by atomic mass is 19.4. The van der Waals surface area contributed by atoms with Crippen LogP contribution in [-0.4, -0.2) is 21.4 Å². The molecule has 0 saturated heterocycles. The molecule has 4 nitrogen and oxygen atoms in total. The number of hydrogen-bond acceptors (Lipinski definition) is 4. The number of phenolic OH excluding ortho intramolecular Hbond substituents is 1. The summed E-state index contributed by atoms with van der Waals surface area (Å²) in [5, 5.41) is 12.8. The molecule has 0 radical (unpaired) electrons. The van der Waals surface area contributed by atoms with Crippen molar-refractivity contribution in [2.45, 2.75) is 19.0 Å². The highest BCUT2D eigenvalue weighted by Crippen LogP contribution is 2.30. The number of hydrogen-bond donors (Lipinski definition) is 1. The number of rotatable bonds is 3. The van der Waals surface area contributed by atoms with Crippen molar-refractivity contribution in [1.29, 1.82) is 0 Å². The van der Waals surface area contributed by atoms with Gasteiger partial charge >= 0.3 is 6.18 Å². The number of benzene rings is 1. The van der Waals surface area contributed by atoms with E-state index in [4.69, 9.17) is 0 Å². The van der Waals surface area contributed by atoms with E-state index in [1.54, 1.807) is 0 Å². The number of aryl methyl sites for hydroxylation is 1. The van der Waals surface area contributed by atoms with Gasteiger partial charge in [0, 0.05) is 6.42 Å². The van der Waals surface area contributed by atoms with Gasteiger partial charge in [0.05, 0.1) is 6.42 Å². The fourth-order valence-corrected chi connectivity index (χ4v) is 1.44. The zero-order valence-electron chi connectivity index (χ0n) is 9.41. The van der Waals surface area contributed by atoms with Crippen LogP contribution in [0.2, 0.25) is 0 Å². The SMILES string of the molecule is Oc1cccc(F)c1-c1nc(CCC(F)(F)F)no1. The standard InChI is InChI=1S/C11H8F4N2O2/c12-6-2-1-3-7(18)9(6)10-16-8(17-19-10)4-5-11(13,14)15/h1-3,18H,4-5H2. The van der Waals surface area contributed by atoms with Crippen LogP contribution in [0.1, 0.15) is 12.2 Å². The molecule has 0 bridgehead atoms. The molecule has 1 heterocycles. The molecule has 1 aromatic heterocycles. The van der Waals surface area contributed by atoms with Crippen LogP contribution in [0.15, 0.2) is 22.7 Å². The van der Waals surface area contributed by atoms with E-state index in [1.807, 2.05) is 0 Å². The van der Waals surface area contributed by atoms with E-state index < -0.39 is 30.6 Å². The lowest BCUT2D eigenvalue weighted by Crippen LogP contribution is -2.09. The van der Waals surface area contributed by atoms with Gasteiger partial charge in [-0.15, -0.1) is 0 Å². The zero-order chi connectivity index (χ0) is 14.0. The smallest absolute Gasteiger partial charge is 0.389 e. The Labute approximate surface area is 104 Å². The van der Waals surface area contributed by atoms with Gasteiger partial charge in [-0.2, -0.15) is 18.2 Å². The molecule has 0 aliphatic heterocycles. The third kappa shape index (κ3) is 3.21. The quantitative estimate of drug-likeness (QED) is 0.875. The van der Waals surface area contributed by atoms with Gasteiger partial charge in [-0.05, 0) is 12.1 Å². The molecule has 0 spiro atoms. The third-order valence-corrected chi connectivity index (χ3v) is 2.31. The maximum atomic E-state index is 13.5. The molecule has 1 N–H and O–H groups in total. The molecular weight excluding hydrogens is 268 g/mol. The average Bonchev–Trinajstić information content (AvgIpc) is 2.74. The van der Waals surface area contributed by atoms with Crippen LogP contribution < -0.4 is 0 Å². The number of halogens is 4. The van der Waals surface area contributed by atoms with E-state index in [2.05, 4.69) is 14.7 Å². The van der Waals surface area contributed by atoms with E-state index in [0.29, 0.717) is 0 Å². The Morgan fingerprint density at radius 3 is 2.63 bits per heavy atom. The van der Waals surface area contributed by atoms with Crippen molar-refractivity contribution >= 4 is 0 Å². The highest BCUT2D eigenvalue weighted by molar-refractivity contribution is 5.62. The third-order valence-electron chi connectivity index (χ3n) is 2.31. The maximum absolute atomic E-state index is 13.5. The number of phenols is 1. The minimum Gasteiger partial charge on any atom is -0.507 e. The van der Waals surface area contributed by atoms with Gasteiger partial charge in [0.25, 0.3) is 5.89 Å². The second kappa shape index (κ2) is 4.87. The molecule has 0 aliphatic carbocycles. The molecule has 0 fully saturated rings. The Morgan fingerprint density at radius 2 is 2.00 bits per heavy atom. The first-order valence-electron chi connectivity index (χ1n) is 5.24. The molecule has 2 rings (SSSR count). The van der Waals surface area contributed by atoms with Gasteiger partial charge in [0.15, 0.2) is 5.82 Å². The summed E-state index contributed by atoms with van der Waals surface area (Å²) in [5.41, 5.74) is -0.326. The molecule has 1 aromatic carbocycles. The summed E-state index contributed by atoms with van der Waals surface area (Å²) in [6.07, 6.45) is -5.90. The van der Waals surface area contributed by atoms with Crippen LogP contribution >= 0.6 is 0 Å². The van der Waals surface area contributed by atoms with Crippen molar-refractivity contribution in [2.75, 3.05) is 0 Å². The topological polar surface area (TPSA) is 59.2 Å². The van der Waals surface area contributed by atoms with E-state index in [-0.39, 0.29) is 17.3 Å². The summed E-state index contributed by atoms with van der Waals surface area (Å²) in [6, 6.07) is 3.54. The monoisotopic (exact) mass is 276 g/mol. The zero-order valence-corrected chi connectivity index (χ0v) is 9.41. The van der Waals surface area contributed by atoms with Gasteiger partial charge in [0.1, 0.15) is 17.1 Å². The lowest BCUT2D eigenvalue weighted by Gasteiger charge is -2.02. The molecule has 8 heteroatoms. The number of aromatic hydroxyl groups is 1. The molecule has 102 valence electrons. The van der Waals surface area contributed by atoms with Crippen LogP contribution in [0.25, 0.3) is 11.5 Å². The fraction of sp³-hybridized carbons (Fsp3) is 0.273. The van der Waals surface area contributed by atoms with E-state index >= 15 is 0 Å². The Bertz CT molecular complexity index is 560. The largest absolute Gasteiger partial charge is 0.507 e. The summed E-state index contributed by atoms with van der Waals surface area (Å²) >= 11 is 0. The Kier molecular flexibility index (Phi) is 3.41. The van der Waals surface area contributed by atoms with Crippen molar-refractivity contribution in [3.63, 3.8) is 0 Å². The Balaban J connectivity index is 2.22. The number of alkyl halides is 3. The van der Waals surface area contributed by atoms with Gasteiger partial charge in [-0.3, -0.25) is 0 Å². The summed E-state index contributed by atoms with van der Waals surface area (Å²) < 4.78 is 54.1. The maximum Gasteiger partial charge on any atom is 0.389 e. The predicted molar refractivity (Wildman–Crippen MR) is 55.7 cm³/mol. The molecule has 19 heavy (non-hydrogen) atoms. The average molecular weight is 276 g/mol. The molecule has 0 aliphatic rings. The molecule has 2 aromatic rings. The first-order chi connectivity index (χ1) is 8.87. The lowest BCUT2D eigenvalue weighted by molar-refractivity contribution is -0.134. The second-order valence-electron chi connectivity index (χ2n) is 3.76. The first-order valence-corrected chi connectivity index (χ1v) is 5.24. The summed E-state index contributed by atoms with van der Waals surface area (Å²) in [4.78, 5) is 3.63. The van der Waals surface area contributed by atoms with Crippen molar-refractivity contribution in [1.82, 2.24) is 10.1 Å². The molecule has 0 unspecified atom stereocenters. The van der Waals surface area contributed by atoms with Crippen molar-refractivity contribution in [3.8, 4) is 17.2 Å². The number of aromatic nitrogens is 2. The molecule has 0 saturated carbocycles. The van der Waals surface area contributed by atoms with Gasteiger partial charge in [0.2, 0.25) is 0 Å². The van der Waals surface area contributed by atoms with Crippen molar-refractivity contribution < 1.29 is 27.2 Å². The van der Waals surface area contributed by atoms with Gasteiger partial charge in [-0.1, -0.05) is 11.2 Å². The van der Waals surface area contributed by atoms with Crippen LogP contribution in [0.3, 0.4) is 0 Å². The van der Waals surface area contributed by atoms with Crippen LogP contribution in [0.5, 0.6) is 5.75 Å². The molecule has 0 amide bonds. The minimum absolute atomic E-state index is 0.199. The van der Waals surface area contributed by atoms with E-state index in [9.17, 15) is 22.7 Å². The van der Waals surface area contributed by atoms with Gasteiger partial charge in [-0.25, -0.2) is 4.39 Å². The number of nitrogens with zero attached hydrogens (tertiary/aromatic N) is 2. The normalized spacial score (nSPS) is 11.8. The molecular formula is C11H8F4N2O2. The predicted octanol–water partition coefficient (Wildman–Crippen LogP) is 3.08. The van der Waals surface area contributed by atoms with Crippen molar-refractivity contribution in [3.05, 3.63) is 29.8 Å². The minimum atomic E-state index is -4.33. The summed E-state index contributed by atoms with van der Waals surface area (Å²) in [6.45, 7) is 0. The lowest BCUT2D eigenvalue weighted by atomic mass is 10.2. The van der Waals surface area contributed by atoms with Crippen LogP contribution in [0, 0.1) is 5.82 Å². The molecule has 0 atom stereocenters. The van der Waals surface area contributed by atoms with Crippen molar-refractivity contribution in [2.24, 2.45) is 0 Å².